The molecule has 1 rings (SSSR count). The van der Waals surface area contributed by atoms with Crippen LogP contribution in [-0.4, -0.2) is 26.0 Å². The van der Waals surface area contributed by atoms with Gasteiger partial charge in [-0.1, -0.05) is 32.6 Å². The van der Waals surface area contributed by atoms with E-state index in [4.69, 9.17) is 19.5 Å². The Kier molecular flexibility index (Phi) is 8.48. The van der Waals surface area contributed by atoms with Gasteiger partial charge in [0.05, 0.1) is 24.7 Å². The summed E-state index contributed by atoms with van der Waals surface area (Å²) in [5.74, 6) is 0.827. The van der Waals surface area contributed by atoms with Gasteiger partial charge in [-0.25, -0.2) is 0 Å². The summed E-state index contributed by atoms with van der Waals surface area (Å²) in [7, 11) is 0. The molecule has 0 radical (unpaired) electrons. The number of hydrogen-bond acceptors (Lipinski definition) is 5. The van der Waals surface area contributed by atoms with Gasteiger partial charge in [0.25, 0.3) is 0 Å². The first-order chi connectivity index (χ1) is 11.1. The molecule has 0 saturated carbocycles. The van der Waals surface area contributed by atoms with E-state index in [0.29, 0.717) is 5.92 Å². The number of esters is 1. The van der Waals surface area contributed by atoms with Crippen molar-refractivity contribution in [1.82, 2.24) is 0 Å². The molecule has 5 heteroatoms. The van der Waals surface area contributed by atoms with Gasteiger partial charge in [-0.2, -0.15) is 5.26 Å². The zero-order chi connectivity index (χ0) is 17.1. The molecule has 0 fully saturated rings. The Bertz CT molecular complexity index is 545. The number of ether oxygens (including phenoxy) is 3. The van der Waals surface area contributed by atoms with E-state index in [0.717, 1.165) is 12.2 Å². The first-order valence-electron chi connectivity index (χ1n) is 7.60. The van der Waals surface area contributed by atoms with Crippen LogP contribution in [0.25, 0.3) is 0 Å². The van der Waals surface area contributed by atoms with Gasteiger partial charge in [0, 0.05) is 0 Å². The predicted octanol–water partition coefficient (Wildman–Crippen LogP) is 3.57. The largest absolute Gasteiger partial charge is 0.468 e. The molecular weight excluding hydrogens is 294 g/mol. The van der Waals surface area contributed by atoms with Crippen molar-refractivity contribution in [1.29, 1.82) is 5.26 Å². The second kappa shape index (κ2) is 10.4. The average molecular weight is 317 g/mol. The molecule has 0 heterocycles. The fraction of sp³-hybridized carbons (Fsp3) is 0.444. The first-order valence-corrected chi connectivity index (χ1v) is 7.60. The molecular formula is C18H23NO4. The summed E-state index contributed by atoms with van der Waals surface area (Å²) >= 11 is 0. The van der Waals surface area contributed by atoms with E-state index in [9.17, 15) is 4.79 Å². The van der Waals surface area contributed by atoms with Crippen LogP contribution in [-0.2, 0) is 14.3 Å². The van der Waals surface area contributed by atoms with Crippen LogP contribution in [0.3, 0.4) is 0 Å². The van der Waals surface area contributed by atoms with Crippen molar-refractivity contribution in [2.45, 2.75) is 32.6 Å². The molecule has 124 valence electrons. The summed E-state index contributed by atoms with van der Waals surface area (Å²) in [6.07, 6.45) is 1.20. The highest BCUT2D eigenvalue weighted by Crippen LogP contribution is 2.21. The van der Waals surface area contributed by atoms with Gasteiger partial charge in [-0.15, -0.1) is 0 Å². The summed E-state index contributed by atoms with van der Waals surface area (Å²) in [6, 6.07) is 9.71. The van der Waals surface area contributed by atoms with E-state index in [2.05, 4.69) is 20.4 Å². The SMILES string of the molecule is C=C(C#N)COC(=O)CCOCOc1ccc(C(C)CC)cc1. The Morgan fingerprint density at radius 2 is 2.04 bits per heavy atom. The minimum absolute atomic E-state index is 0.0703. The molecule has 1 atom stereocenters. The number of carbonyl (C=O) groups excluding carboxylic acids is 1. The molecule has 23 heavy (non-hydrogen) atoms. The Morgan fingerprint density at radius 3 is 2.65 bits per heavy atom. The molecule has 1 unspecified atom stereocenters. The third-order valence-corrected chi connectivity index (χ3v) is 3.39. The first kappa shape index (κ1) is 18.7. The number of nitrogens with zero attached hydrogens (tertiary/aromatic N) is 1. The summed E-state index contributed by atoms with van der Waals surface area (Å²) in [6.45, 7) is 7.96. The Labute approximate surface area is 137 Å². The fourth-order valence-corrected chi connectivity index (χ4v) is 1.72. The minimum atomic E-state index is -0.431. The molecule has 0 spiro atoms. The zero-order valence-electron chi connectivity index (χ0n) is 13.7. The molecule has 0 aliphatic carbocycles. The maximum Gasteiger partial charge on any atom is 0.308 e. The van der Waals surface area contributed by atoms with E-state index < -0.39 is 5.97 Å². The molecule has 0 amide bonds. The molecule has 0 N–H and O–H groups in total. The smallest absolute Gasteiger partial charge is 0.308 e. The van der Waals surface area contributed by atoms with Gasteiger partial charge >= 0.3 is 5.97 Å². The lowest BCUT2D eigenvalue weighted by Gasteiger charge is -2.11. The summed E-state index contributed by atoms with van der Waals surface area (Å²) in [5.41, 5.74) is 1.49. The van der Waals surface area contributed by atoms with Crippen LogP contribution in [0.2, 0.25) is 0 Å². The Morgan fingerprint density at radius 1 is 1.35 bits per heavy atom. The Hall–Kier alpha value is -2.32. The molecule has 0 bridgehead atoms. The van der Waals surface area contributed by atoms with Crippen LogP contribution in [0, 0.1) is 11.3 Å². The highest BCUT2D eigenvalue weighted by Gasteiger charge is 2.05. The third-order valence-electron chi connectivity index (χ3n) is 3.39. The fourth-order valence-electron chi connectivity index (χ4n) is 1.72. The van der Waals surface area contributed by atoms with Gasteiger partial charge in [0.2, 0.25) is 0 Å². The molecule has 5 nitrogen and oxygen atoms in total. The van der Waals surface area contributed by atoms with Crippen molar-refractivity contribution < 1.29 is 19.0 Å². The number of nitriles is 1. The second-order valence-corrected chi connectivity index (χ2v) is 5.17. The third kappa shape index (κ3) is 7.48. The van der Waals surface area contributed by atoms with E-state index in [-0.39, 0.29) is 32.0 Å². The summed E-state index contributed by atoms with van der Waals surface area (Å²) in [5, 5.41) is 8.48. The van der Waals surface area contributed by atoms with Crippen LogP contribution in [0.4, 0.5) is 0 Å². The molecule has 0 saturated heterocycles. The zero-order valence-corrected chi connectivity index (χ0v) is 13.7. The molecule has 1 aromatic carbocycles. The lowest BCUT2D eigenvalue weighted by molar-refractivity contribution is -0.144. The quantitative estimate of drug-likeness (QED) is 0.285. The monoisotopic (exact) mass is 317 g/mol. The van der Waals surface area contributed by atoms with Gasteiger partial charge in [-0.3, -0.25) is 4.79 Å². The van der Waals surface area contributed by atoms with Crippen LogP contribution >= 0.6 is 0 Å². The predicted molar refractivity (Wildman–Crippen MR) is 86.9 cm³/mol. The molecule has 0 aromatic heterocycles. The van der Waals surface area contributed by atoms with Gasteiger partial charge in [0.1, 0.15) is 12.4 Å². The summed E-state index contributed by atoms with van der Waals surface area (Å²) < 4.78 is 15.5. The maximum atomic E-state index is 11.3. The van der Waals surface area contributed by atoms with Crippen molar-refractivity contribution in [2.24, 2.45) is 0 Å². The average Bonchev–Trinajstić information content (AvgIpc) is 2.59. The standard InChI is InChI=1S/C18H23NO4/c1-4-15(3)16-5-7-17(8-6-16)23-13-21-10-9-18(20)22-12-14(2)11-19/h5-8,15H,2,4,9-10,12-13H2,1,3H3. The number of carbonyl (C=O) groups is 1. The lowest BCUT2D eigenvalue weighted by atomic mass is 9.99. The number of benzene rings is 1. The highest BCUT2D eigenvalue weighted by molar-refractivity contribution is 5.69. The Balaban J connectivity index is 2.16. The van der Waals surface area contributed by atoms with Crippen molar-refractivity contribution in [3.63, 3.8) is 0 Å². The van der Waals surface area contributed by atoms with Gasteiger partial charge in [-0.05, 0) is 30.0 Å². The van der Waals surface area contributed by atoms with Crippen molar-refractivity contribution in [2.75, 3.05) is 20.0 Å². The van der Waals surface area contributed by atoms with Crippen molar-refractivity contribution in [3.8, 4) is 11.8 Å². The normalized spacial score (nSPS) is 11.3. The van der Waals surface area contributed by atoms with Crippen LogP contribution in [0.5, 0.6) is 5.75 Å². The van der Waals surface area contributed by atoms with E-state index >= 15 is 0 Å². The van der Waals surface area contributed by atoms with Gasteiger partial charge < -0.3 is 14.2 Å². The van der Waals surface area contributed by atoms with E-state index in [1.807, 2.05) is 24.3 Å². The van der Waals surface area contributed by atoms with Gasteiger partial charge in [0.15, 0.2) is 6.79 Å². The topological polar surface area (TPSA) is 68.5 Å². The van der Waals surface area contributed by atoms with Crippen LogP contribution in [0.15, 0.2) is 36.4 Å². The second-order valence-electron chi connectivity index (χ2n) is 5.17. The highest BCUT2D eigenvalue weighted by atomic mass is 16.7. The van der Waals surface area contributed by atoms with Crippen molar-refractivity contribution in [3.05, 3.63) is 42.0 Å². The van der Waals surface area contributed by atoms with E-state index in [1.165, 1.54) is 5.56 Å². The van der Waals surface area contributed by atoms with Crippen LogP contribution < -0.4 is 4.74 Å². The number of hydrogen-bond donors (Lipinski definition) is 0. The summed E-state index contributed by atoms with van der Waals surface area (Å²) in [4.78, 5) is 11.3. The maximum absolute atomic E-state index is 11.3. The number of rotatable bonds is 10. The van der Waals surface area contributed by atoms with Crippen molar-refractivity contribution >= 4 is 5.97 Å². The lowest BCUT2D eigenvalue weighted by Crippen LogP contribution is -2.12. The minimum Gasteiger partial charge on any atom is -0.468 e. The molecule has 0 aliphatic heterocycles. The van der Waals surface area contributed by atoms with Crippen LogP contribution in [0.1, 0.15) is 38.2 Å². The van der Waals surface area contributed by atoms with E-state index in [1.54, 1.807) is 6.07 Å². The molecule has 1 aromatic rings. The molecule has 0 aliphatic rings.